The Morgan fingerprint density at radius 2 is 2.11 bits per heavy atom. The molecule has 6 heteroatoms. The third-order valence-electron chi connectivity index (χ3n) is 2.61. The summed E-state index contributed by atoms with van der Waals surface area (Å²) in [5.74, 6) is 0.0978. The summed E-state index contributed by atoms with van der Waals surface area (Å²) < 4.78 is 18.4. The van der Waals surface area contributed by atoms with E-state index >= 15 is 0 Å². The van der Waals surface area contributed by atoms with Crippen LogP contribution in [-0.2, 0) is 0 Å². The second-order valence-electron chi connectivity index (χ2n) is 3.88. The summed E-state index contributed by atoms with van der Waals surface area (Å²) >= 11 is 0. The number of pyridine rings is 2. The normalized spacial score (nSPS) is 10.6. The quantitative estimate of drug-likeness (QED) is 0.762. The van der Waals surface area contributed by atoms with E-state index in [9.17, 15) is 4.39 Å². The monoisotopic (exact) mass is 256 g/mol. The van der Waals surface area contributed by atoms with Crippen LogP contribution < -0.4 is 5.73 Å². The average Bonchev–Trinajstić information content (AvgIpc) is 2.82. The van der Waals surface area contributed by atoms with Crippen LogP contribution in [0.3, 0.4) is 0 Å². The minimum atomic E-state index is -0.459. The minimum absolute atomic E-state index is 0.206. The highest BCUT2D eigenvalue weighted by molar-refractivity contribution is 5.84. The van der Waals surface area contributed by atoms with Crippen LogP contribution in [0.25, 0.3) is 22.6 Å². The molecule has 0 saturated carbocycles. The molecular formula is C13H9FN4O. The van der Waals surface area contributed by atoms with Gasteiger partial charge in [0.15, 0.2) is 11.6 Å². The van der Waals surface area contributed by atoms with Gasteiger partial charge in [0, 0.05) is 18.0 Å². The first-order valence-corrected chi connectivity index (χ1v) is 5.53. The summed E-state index contributed by atoms with van der Waals surface area (Å²) in [6, 6.07) is 6.69. The fourth-order valence-corrected chi connectivity index (χ4v) is 1.79. The maximum Gasteiger partial charge on any atom is 0.180 e. The fourth-order valence-electron chi connectivity index (χ4n) is 1.79. The van der Waals surface area contributed by atoms with Gasteiger partial charge in [-0.05, 0) is 18.2 Å². The Balaban J connectivity index is 2.19. The highest BCUT2D eigenvalue weighted by atomic mass is 19.1. The van der Waals surface area contributed by atoms with Crippen LogP contribution in [0.5, 0.6) is 0 Å². The SMILES string of the molecule is Nc1noc(-c2cncc(F)c2)c1-c1ccccn1. The number of rotatable bonds is 2. The average molecular weight is 256 g/mol. The van der Waals surface area contributed by atoms with E-state index in [0.717, 1.165) is 6.20 Å². The molecule has 0 aliphatic rings. The molecular weight excluding hydrogens is 247 g/mol. The largest absolute Gasteiger partial charge is 0.380 e. The molecule has 0 radical (unpaired) electrons. The Hall–Kier alpha value is -2.76. The van der Waals surface area contributed by atoms with Crippen LogP contribution in [0.2, 0.25) is 0 Å². The molecule has 0 fully saturated rings. The van der Waals surface area contributed by atoms with Crippen molar-refractivity contribution < 1.29 is 8.91 Å². The second-order valence-corrected chi connectivity index (χ2v) is 3.88. The molecule has 0 atom stereocenters. The van der Waals surface area contributed by atoms with Crippen molar-refractivity contribution in [2.45, 2.75) is 0 Å². The number of hydrogen-bond acceptors (Lipinski definition) is 5. The lowest BCUT2D eigenvalue weighted by Gasteiger charge is -2.01. The fraction of sp³-hybridized carbons (Fsp3) is 0. The van der Waals surface area contributed by atoms with Crippen LogP contribution in [-0.4, -0.2) is 15.1 Å². The second kappa shape index (κ2) is 4.49. The van der Waals surface area contributed by atoms with Gasteiger partial charge >= 0.3 is 0 Å². The highest BCUT2D eigenvalue weighted by Gasteiger charge is 2.19. The molecule has 3 aromatic heterocycles. The molecule has 3 rings (SSSR count). The number of nitrogen functional groups attached to an aromatic ring is 1. The first-order valence-electron chi connectivity index (χ1n) is 5.53. The summed E-state index contributed by atoms with van der Waals surface area (Å²) in [5.41, 5.74) is 7.40. The van der Waals surface area contributed by atoms with Crippen molar-refractivity contribution in [3.8, 4) is 22.6 Å². The summed E-state index contributed by atoms with van der Waals surface area (Å²) in [6.07, 6.45) is 4.23. The summed E-state index contributed by atoms with van der Waals surface area (Å²) in [7, 11) is 0. The Morgan fingerprint density at radius 1 is 1.21 bits per heavy atom. The van der Waals surface area contributed by atoms with Gasteiger partial charge in [0.2, 0.25) is 0 Å². The molecule has 5 nitrogen and oxygen atoms in total. The molecule has 19 heavy (non-hydrogen) atoms. The minimum Gasteiger partial charge on any atom is -0.380 e. The number of hydrogen-bond donors (Lipinski definition) is 1. The summed E-state index contributed by atoms with van der Waals surface area (Å²) in [6.45, 7) is 0. The van der Waals surface area contributed by atoms with E-state index in [1.54, 1.807) is 18.3 Å². The maximum atomic E-state index is 13.2. The molecule has 0 bridgehead atoms. The summed E-state index contributed by atoms with van der Waals surface area (Å²) in [5, 5.41) is 3.71. The zero-order chi connectivity index (χ0) is 13.2. The highest BCUT2D eigenvalue weighted by Crippen LogP contribution is 2.35. The van der Waals surface area contributed by atoms with Crippen molar-refractivity contribution in [2.24, 2.45) is 0 Å². The van der Waals surface area contributed by atoms with Gasteiger partial charge in [0.25, 0.3) is 0 Å². The Labute approximate surface area is 107 Å². The number of halogens is 1. The molecule has 0 aliphatic heterocycles. The van der Waals surface area contributed by atoms with E-state index in [2.05, 4.69) is 15.1 Å². The van der Waals surface area contributed by atoms with Crippen LogP contribution in [0.15, 0.2) is 47.4 Å². The van der Waals surface area contributed by atoms with Crippen LogP contribution >= 0.6 is 0 Å². The Kier molecular flexibility index (Phi) is 2.68. The Morgan fingerprint density at radius 3 is 2.84 bits per heavy atom. The van der Waals surface area contributed by atoms with Gasteiger partial charge < -0.3 is 10.3 Å². The molecule has 3 heterocycles. The zero-order valence-corrected chi connectivity index (χ0v) is 9.75. The van der Waals surface area contributed by atoms with Crippen molar-refractivity contribution in [3.63, 3.8) is 0 Å². The van der Waals surface area contributed by atoms with E-state index < -0.39 is 5.82 Å². The van der Waals surface area contributed by atoms with Crippen molar-refractivity contribution in [1.82, 2.24) is 15.1 Å². The van der Waals surface area contributed by atoms with Crippen molar-refractivity contribution in [3.05, 3.63) is 48.7 Å². The van der Waals surface area contributed by atoms with Gasteiger partial charge in [-0.3, -0.25) is 9.97 Å². The van der Waals surface area contributed by atoms with Crippen LogP contribution in [0, 0.1) is 5.82 Å². The molecule has 0 aromatic carbocycles. The molecule has 3 aromatic rings. The van der Waals surface area contributed by atoms with E-state index in [4.69, 9.17) is 10.3 Å². The third-order valence-corrected chi connectivity index (χ3v) is 2.61. The van der Waals surface area contributed by atoms with Gasteiger partial charge in [0.05, 0.1) is 17.5 Å². The van der Waals surface area contributed by atoms with Crippen molar-refractivity contribution in [1.29, 1.82) is 0 Å². The molecule has 0 amide bonds. The zero-order valence-electron chi connectivity index (χ0n) is 9.75. The van der Waals surface area contributed by atoms with Gasteiger partial charge in [-0.2, -0.15) is 0 Å². The van der Waals surface area contributed by atoms with Crippen LogP contribution in [0.4, 0.5) is 10.2 Å². The van der Waals surface area contributed by atoms with Crippen LogP contribution in [0.1, 0.15) is 0 Å². The maximum absolute atomic E-state index is 13.2. The van der Waals surface area contributed by atoms with E-state index in [0.29, 0.717) is 22.6 Å². The number of nitrogens with two attached hydrogens (primary N) is 1. The lowest BCUT2D eigenvalue weighted by Crippen LogP contribution is -1.91. The number of aromatic nitrogens is 3. The van der Waals surface area contributed by atoms with Crippen molar-refractivity contribution >= 4 is 5.82 Å². The first-order chi connectivity index (χ1) is 9.25. The van der Waals surface area contributed by atoms with Gasteiger partial charge in [-0.25, -0.2) is 4.39 Å². The lowest BCUT2D eigenvalue weighted by atomic mass is 10.1. The molecule has 0 saturated heterocycles. The predicted octanol–water partition coefficient (Wildman–Crippen LogP) is 2.52. The van der Waals surface area contributed by atoms with Crippen molar-refractivity contribution in [2.75, 3.05) is 5.73 Å². The predicted molar refractivity (Wildman–Crippen MR) is 67.3 cm³/mol. The number of nitrogens with zero attached hydrogens (tertiary/aromatic N) is 3. The van der Waals surface area contributed by atoms with E-state index in [1.807, 2.05) is 6.07 Å². The smallest absolute Gasteiger partial charge is 0.180 e. The van der Waals surface area contributed by atoms with Gasteiger partial charge in [-0.1, -0.05) is 11.2 Å². The van der Waals surface area contributed by atoms with Gasteiger partial charge in [0.1, 0.15) is 5.82 Å². The molecule has 94 valence electrons. The standard InChI is InChI=1S/C13H9FN4O/c14-9-5-8(6-16-7-9)12-11(13(15)18-19-12)10-3-1-2-4-17-10/h1-7H,(H2,15,18). The molecule has 0 unspecified atom stereocenters. The lowest BCUT2D eigenvalue weighted by molar-refractivity contribution is 0.435. The Bertz CT molecular complexity index is 712. The molecule has 0 spiro atoms. The van der Waals surface area contributed by atoms with E-state index in [1.165, 1.54) is 12.3 Å². The summed E-state index contributed by atoms with van der Waals surface area (Å²) in [4.78, 5) is 7.98. The van der Waals surface area contributed by atoms with E-state index in [-0.39, 0.29) is 5.82 Å². The topological polar surface area (TPSA) is 77.8 Å². The molecule has 0 aliphatic carbocycles. The number of anilines is 1. The van der Waals surface area contributed by atoms with Gasteiger partial charge in [-0.15, -0.1) is 0 Å². The molecule has 2 N–H and O–H groups in total. The third kappa shape index (κ3) is 2.03. The first kappa shape index (κ1) is 11.3.